The molecule has 2 fully saturated rings. The summed E-state index contributed by atoms with van der Waals surface area (Å²) in [4.78, 5) is 12.1. The van der Waals surface area contributed by atoms with Crippen molar-refractivity contribution in [3.8, 4) is 5.75 Å². The molecule has 23 heavy (non-hydrogen) atoms. The van der Waals surface area contributed by atoms with Gasteiger partial charge in [0.25, 0.3) is 0 Å². The molecule has 2 nitrogen and oxygen atoms in total. The summed E-state index contributed by atoms with van der Waals surface area (Å²) in [7, 11) is 1.75. The molecule has 0 bridgehead atoms. The monoisotopic (exact) mass is 312 g/mol. The lowest BCUT2D eigenvalue weighted by Gasteiger charge is -2.50. The Morgan fingerprint density at radius 3 is 2.78 bits per heavy atom. The molecule has 0 amide bonds. The molecule has 0 saturated heterocycles. The van der Waals surface area contributed by atoms with E-state index in [9.17, 15) is 4.79 Å². The largest absolute Gasteiger partial charge is 0.497 e. The lowest BCUT2D eigenvalue weighted by Crippen LogP contribution is -2.43. The van der Waals surface area contributed by atoms with Crippen molar-refractivity contribution in [1.82, 2.24) is 0 Å². The fourth-order valence-electron chi connectivity index (χ4n) is 6.35. The molecule has 5 atom stereocenters. The van der Waals surface area contributed by atoms with Crippen molar-refractivity contribution in [2.45, 2.75) is 58.3 Å². The number of fused-ring (bicyclic) bond motifs is 5. The molecular formula is C21H28O2. The third kappa shape index (κ3) is 2.17. The van der Waals surface area contributed by atoms with E-state index in [1.54, 1.807) is 12.7 Å². The molecule has 0 aliphatic heterocycles. The van der Waals surface area contributed by atoms with Gasteiger partial charge in [0, 0.05) is 5.92 Å². The average Bonchev–Trinajstić information content (AvgIpc) is 2.91. The molecule has 2 saturated carbocycles. The Kier molecular flexibility index (Phi) is 3.55. The minimum Gasteiger partial charge on any atom is -0.497 e. The van der Waals surface area contributed by atoms with Crippen LogP contribution in [-0.4, -0.2) is 12.9 Å². The molecule has 4 unspecified atom stereocenters. The summed E-state index contributed by atoms with van der Waals surface area (Å²) in [5.41, 5.74) is 3.32. The van der Waals surface area contributed by atoms with Crippen molar-refractivity contribution in [2.24, 2.45) is 23.2 Å². The van der Waals surface area contributed by atoms with E-state index in [1.165, 1.54) is 37.7 Å². The zero-order valence-electron chi connectivity index (χ0n) is 14.6. The van der Waals surface area contributed by atoms with Gasteiger partial charge in [-0.05, 0) is 91.9 Å². The predicted molar refractivity (Wildman–Crippen MR) is 91.8 cm³/mol. The standard InChI is InChI=1S/C21H28O2/c1-13(22)19-8-9-20-18-6-4-14-12-15(23-3)5-7-16(14)17(18)10-11-21(19,20)2/h5,7,12,17-20H,4,6,8-11H2,1-3H3/t17?,18?,19?,20?,21-/m1/s1. The van der Waals surface area contributed by atoms with Crippen LogP contribution in [0.2, 0.25) is 0 Å². The highest BCUT2D eigenvalue weighted by Crippen LogP contribution is 2.63. The lowest BCUT2D eigenvalue weighted by molar-refractivity contribution is -0.125. The van der Waals surface area contributed by atoms with Gasteiger partial charge < -0.3 is 4.74 Å². The zero-order chi connectivity index (χ0) is 16.2. The molecule has 0 N–H and O–H groups in total. The van der Waals surface area contributed by atoms with E-state index in [1.807, 2.05) is 6.92 Å². The topological polar surface area (TPSA) is 26.3 Å². The molecule has 3 aliphatic rings. The maximum atomic E-state index is 12.1. The molecule has 124 valence electrons. The Labute approximate surface area is 139 Å². The fourth-order valence-corrected chi connectivity index (χ4v) is 6.35. The highest BCUT2D eigenvalue weighted by molar-refractivity contribution is 5.79. The van der Waals surface area contributed by atoms with Gasteiger partial charge in [-0.2, -0.15) is 0 Å². The Morgan fingerprint density at radius 1 is 1.22 bits per heavy atom. The molecule has 0 aromatic heterocycles. The van der Waals surface area contributed by atoms with Gasteiger partial charge in [0.1, 0.15) is 11.5 Å². The van der Waals surface area contributed by atoms with Crippen molar-refractivity contribution >= 4 is 5.78 Å². The first-order chi connectivity index (χ1) is 11.0. The molecule has 0 spiro atoms. The van der Waals surface area contributed by atoms with Crippen LogP contribution < -0.4 is 4.74 Å². The van der Waals surface area contributed by atoms with Crippen LogP contribution in [0.15, 0.2) is 18.2 Å². The van der Waals surface area contributed by atoms with Crippen LogP contribution >= 0.6 is 0 Å². The number of aryl methyl sites for hydroxylation is 1. The van der Waals surface area contributed by atoms with E-state index in [0.717, 1.165) is 24.0 Å². The Morgan fingerprint density at radius 2 is 2.04 bits per heavy atom. The Balaban J connectivity index is 1.66. The summed E-state index contributed by atoms with van der Waals surface area (Å²) in [6, 6.07) is 6.68. The number of carbonyl (C=O) groups is 1. The first kappa shape index (κ1) is 15.2. The smallest absolute Gasteiger partial charge is 0.133 e. The number of benzene rings is 1. The van der Waals surface area contributed by atoms with Gasteiger partial charge in [-0.25, -0.2) is 0 Å². The number of ketones is 1. The SMILES string of the molecule is COc1ccc2c(c1)CCC1C2CC[C@]2(C)C(C(C)=O)CCC12. The average molecular weight is 312 g/mol. The van der Waals surface area contributed by atoms with E-state index in [2.05, 4.69) is 25.1 Å². The van der Waals surface area contributed by atoms with E-state index in [-0.39, 0.29) is 5.41 Å². The van der Waals surface area contributed by atoms with Gasteiger partial charge in [0.05, 0.1) is 7.11 Å². The number of methoxy groups -OCH3 is 1. The molecule has 0 radical (unpaired) electrons. The second-order valence-electron chi connectivity index (χ2n) is 8.27. The van der Waals surface area contributed by atoms with Crippen molar-refractivity contribution in [1.29, 1.82) is 0 Å². The van der Waals surface area contributed by atoms with Crippen molar-refractivity contribution in [3.63, 3.8) is 0 Å². The van der Waals surface area contributed by atoms with Crippen LogP contribution in [0.4, 0.5) is 0 Å². The maximum Gasteiger partial charge on any atom is 0.133 e. The fraction of sp³-hybridized carbons (Fsp3) is 0.667. The first-order valence-corrected chi connectivity index (χ1v) is 9.22. The highest BCUT2D eigenvalue weighted by Gasteiger charge is 2.55. The summed E-state index contributed by atoms with van der Waals surface area (Å²) >= 11 is 0. The van der Waals surface area contributed by atoms with Gasteiger partial charge in [-0.15, -0.1) is 0 Å². The number of rotatable bonds is 2. The molecular weight excluding hydrogens is 284 g/mol. The molecule has 0 heterocycles. The summed E-state index contributed by atoms with van der Waals surface area (Å²) in [5, 5.41) is 0. The van der Waals surface area contributed by atoms with Gasteiger partial charge in [0.2, 0.25) is 0 Å². The van der Waals surface area contributed by atoms with Crippen LogP contribution in [0, 0.1) is 23.2 Å². The van der Waals surface area contributed by atoms with E-state index in [4.69, 9.17) is 4.74 Å². The molecule has 2 heteroatoms. The summed E-state index contributed by atoms with van der Waals surface area (Å²) < 4.78 is 5.40. The third-order valence-corrected chi connectivity index (χ3v) is 7.42. The van der Waals surface area contributed by atoms with E-state index in [0.29, 0.717) is 17.6 Å². The molecule has 4 rings (SSSR count). The summed E-state index contributed by atoms with van der Waals surface area (Å²) in [5.74, 6) is 3.94. The van der Waals surface area contributed by atoms with E-state index < -0.39 is 0 Å². The maximum absolute atomic E-state index is 12.1. The predicted octanol–water partition coefficient (Wildman–Crippen LogP) is 4.76. The third-order valence-electron chi connectivity index (χ3n) is 7.42. The van der Waals surface area contributed by atoms with Crippen LogP contribution in [0.1, 0.15) is 63.0 Å². The lowest BCUT2D eigenvalue weighted by atomic mass is 9.54. The molecule has 3 aliphatic carbocycles. The molecule has 1 aromatic rings. The normalized spacial score (nSPS) is 38.4. The number of carbonyl (C=O) groups excluding carboxylic acids is 1. The number of Topliss-reactive ketones (excluding diaryl/α,β-unsaturated/α-hetero) is 1. The van der Waals surface area contributed by atoms with Gasteiger partial charge >= 0.3 is 0 Å². The zero-order valence-corrected chi connectivity index (χ0v) is 14.6. The summed E-state index contributed by atoms with van der Waals surface area (Å²) in [6.45, 7) is 4.23. The Bertz CT molecular complexity index is 635. The summed E-state index contributed by atoms with van der Waals surface area (Å²) in [6.07, 6.45) is 7.30. The number of hydrogen-bond donors (Lipinski definition) is 0. The number of hydrogen-bond acceptors (Lipinski definition) is 2. The van der Waals surface area contributed by atoms with Gasteiger partial charge in [0.15, 0.2) is 0 Å². The minimum atomic E-state index is 0.261. The quantitative estimate of drug-likeness (QED) is 0.787. The van der Waals surface area contributed by atoms with Crippen molar-refractivity contribution in [2.75, 3.05) is 7.11 Å². The Hall–Kier alpha value is -1.31. The molecule has 1 aromatic carbocycles. The van der Waals surface area contributed by atoms with Crippen LogP contribution in [0.5, 0.6) is 5.75 Å². The van der Waals surface area contributed by atoms with Crippen LogP contribution in [-0.2, 0) is 11.2 Å². The van der Waals surface area contributed by atoms with Crippen LogP contribution in [0.25, 0.3) is 0 Å². The van der Waals surface area contributed by atoms with Crippen molar-refractivity contribution in [3.05, 3.63) is 29.3 Å². The highest BCUT2D eigenvalue weighted by atomic mass is 16.5. The number of ether oxygens (including phenoxy) is 1. The first-order valence-electron chi connectivity index (χ1n) is 9.22. The van der Waals surface area contributed by atoms with Gasteiger partial charge in [-0.3, -0.25) is 4.79 Å². The van der Waals surface area contributed by atoms with E-state index >= 15 is 0 Å². The van der Waals surface area contributed by atoms with Gasteiger partial charge in [-0.1, -0.05) is 13.0 Å². The van der Waals surface area contributed by atoms with Crippen molar-refractivity contribution < 1.29 is 9.53 Å². The van der Waals surface area contributed by atoms with Crippen LogP contribution in [0.3, 0.4) is 0 Å². The minimum absolute atomic E-state index is 0.261. The second-order valence-corrected chi connectivity index (χ2v) is 8.27. The second kappa shape index (κ2) is 5.36.